The van der Waals surface area contributed by atoms with E-state index in [1.807, 2.05) is 6.92 Å². The minimum Gasteiger partial charge on any atom is -0.475 e. The van der Waals surface area contributed by atoms with E-state index in [1.165, 1.54) is 12.1 Å². The van der Waals surface area contributed by atoms with Gasteiger partial charge in [-0.05, 0) is 25.5 Å². The lowest BCUT2D eigenvalue weighted by Crippen LogP contribution is -2.68. The topological polar surface area (TPSA) is 80.0 Å². The molecule has 1 aliphatic rings. The zero-order chi connectivity index (χ0) is 16.0. The van der Waals surface area contributed by atoms with E-state index in [4.69, 9.17) is 14.3 Å². The predicted molar refractivity (Wildman–Crippen MR) is 75.4 cm³/mol. The molecule has 116 valence electrons. The lowest BCUT2D eigenvalue weighted by atomic mass is 9.55. The summed E-state index contributed by atoms with van der Waals surface area (Å²) in [5.41, 5.74) is -0.476. The molecule has 0 aromatic carbocycles. The Morgan fingerprint density at radius 2 is 1.90 bits per heavy atom. The van der Waals surface area contributed by atoms with Gasteiger partial charge in [0.25, 0.3) is 5.91 Å². The number of hydrogen-bond acceptors (Lipinski definition) is 4. The Balaban J connectivity index is 2.15. The molecule has 1 fully saturated rings. The number of amides is 1. The number of carboxylic acid groups (broad SMARTS) is 1. The fourth-order valence-corrected chi connectivity index (χ4v) is 2.96. The predicted octanol–water partition coefficient (Wildman–Crippen LogP) is 2.25. The van der Waals surface area contributed by atoms with E-state index in [2.05, 4.69) is 13.8 Å². The molecule has 1 N–H and O–H groups in total. The van der Waals surface area contributed by atoms with Gasteiger partial charge in [0.15, 0.2) is 5.76 Å². The second kappa shape index (κ2) is 4.87. The molecule has 1 aromatic rings. The van der Waals surface area contributed by atoms with Gasteiger partial charge in [-0.15, -0.1) is 0 Å². The summed E-state index contributed by atoms with van der Waals surface area (Å²) in [4.78, 5) is 24.8. The average Bonchev–Trinajstić information content (AvgIpc) is 2.92. The van der Waals surface area contributed by atoms with Crippen LogP contribution in [-0.2, 0) is 4.74 Å². The molecule has 1 aromatic heterocycles. The maximum absolute atomic E-state index is 12.4. The maximum atomic E-state index is 12.4. The highest BCUT2D eigenvalue weighted by Gasteiger charge is 2.60. The number of hydrogen-bond donors (Lipinski definition) is 1. The van der Waals surface area contributed by atoms with Crippen LogP contribution in [0.5, 0.6) is 0 Å². The van der Waals surface area contributed by atoms with Crippen molar-refractivity contribution < 1.29 is 23.8 Å². The minimum atomic E-state index is -1.19. The number of carboxylic acids is 1. The molecule has 6 heteroatoms. The Hall–Kier alpha value is -1.82. The fraction of sp³-hybridized carbons (Fsp3) is 0.600. The van der Waals surface area contributed by atoms with Crippen molar-refractivity contribution in [2.75, 3.05) is 14.2 Å². The summed E-state index contributed by atoms with van der Waals surface area (Å²) in [6, 6.07) is 2.69. The Bertz CT molecular complexity index is 576. The largest absolute Gasteiger partial charge is 0.475 e. The number of nitrogens with zero attached hydrogens (tertiary/aromatic N) is 1. The number of ether oxygens (including phenoxy) is 1. The molecule has 2 atom stereocenters. The third-order valence-electron chi connectivity index (χ3n) is 5.04. The van der Waals surface area contributed by atoms with Crippen molar-refractivity contribution in [1.82, 2.24) is 4.90 Å². The van der Waals surface area contributed by atoms with Crippen LogP contribution in [0.3, 0.4) is 0 Å². The van der Waals surface area contributed by atoms with Gasteiger partial charge in [-0.3, -0.25) is 4.79 Å². The highest BCUT2D eigenvalue weighted by atomic mass is 16.5. The number of rotatable bonds is 4. The van der Waals surface area contributed by atoms with Crippen LogP contribution in [0, 0.1) is 5.41 Å². The molecule has 0 bridgehead atoms. The second-order valence-corrected chi connectivity index (χ2v) is 6.26. The minimum absolute atomic E-state index is 0.00771. The Labute approximate surface area is 123 Å². The van der Waals surface area contributed by atoms with Gasteiger partial charge in [0, 0.05) is 25.6 Å². The first-order valence-corrected chi connectivity index (χ1v) is 6.79. The molecule has 6 nitrogen and oxygen atoms in total. The van der Waals surface area contributed by atoms with E-state index in [0.29, 0.717) is 0 Å². The maximum Gasteiger partial charge on any atom is 0.371 e. The molecular formula is C15H21NO5. The lowest BCUT2D eigenvalue weighted by molar-refractivity contribution is -0.198. The van der Waals surface area contributed by atoms with Gasteiger partial charge < -0.3 is 19.2 Å². The Morgan fingerprint density at radius 1 is 1.33 bits per heavy atom. The summed E-state index contributed by atoms with van der Waals surface area (Å²) in [7, 11) is 3.37. The van der Waals surface area contributed by atoms with Crippen LogP contribution in [0.4, 0.5) is 0 Å². The number of aromatic carboxylic acids is 1. The van der Waals surface area contributed by atoms with Gasteiger partial charge >= 0.3 is 5.97 Å². The van der Waals surface area contributed by atoms with Gasteiger partial charge in [-0.2, -0.15) is 0 Å². The summed E-state index contributed by atoms with van der Waals surface area (Å²) in [6.45, 7) is 6.13. The highest BCUT2D eigenvalue weighted by Crippen LogP contribution is 2.53. The molecule has 0 radical (unpaired) electrons. The zero-order valence-corrected chi connectivity index (χ0v) is 13.0. The van der Waals surface area contributed by atoms with Crippen molar-refractivity contribution in [3.8, 4) is 0 Å². The summed E-state index contributed by atoms with van der Waals surface area (Å²) >= 11 is 0. The highest BCUT2D eigenvalue weighted by molar-refractivity contribution is 5.93. The zero-order valence-electron chi connectivity index (χ0n) is 13.0. The van der Waals surface area contributed by atoms with E-state index in [9.17, 15) is 9.59 Å². The molecule has 1 saturated carbocycles. The van der Waals surface area contributed by atoms with Crippen LogP contribution in [0.1, 0.15) is 48.3 Å². The van der Waals surface area contributed by atoms with Crippen molar-refractivity contribution in [2.24, 2.45) is 5.41 Å². The molecule has 1 amide bonds. The first-order valence-electron chi connectivity index (χ1n) is 6.79. The first kappa shape index (κ1) is 15.6. The molecule has 0 unspecified atom stereocenters. The fourth-order valence-electron chi connectivity index (χ4n) is 2.96. The van der Waals surface area contributed by atoms with Crippen LogP contribution in [-0.4, -0.2) is 47.7 Å². The van der Waals surface area contributed by atoms with Gasteiger partial charge in [0.1, 0.15) is 0 Å². The SMILES string of the molecule is CO[C@@]1(C)C[C@H](N(C)C(=O)c2ccc(C(=O)O)o2)C1(C)C. The summed E-state index contributed by atoms with van der Waals surface area (Å²) in [5.74, 6) is -1.70. The van der Waals surface area contributed by atoms with E-state index < -0.39 is 5.97 Å². The summed E-state index contributed by atoms with van der Waals surface area (Å²) in [6.07, 6.45) is 0.727. The quantitative estimate of drug-likeness (QED) is 0.921. The number of carbonyl (C=O) groups excluding carboxylic acids is 1. The van der Waals surface area contributed by atoms with Crippen molar-refractivity contribution in [3.05, 3.63) is 23.7 Å². The van der Waals surface area contributed by atoms with Crippen LogP contribution >= 0.6 is 0 Å². The van der Waals surface area contributed by atoms with Crippen LogP contribution in [0.15, 0.2) is 16.5 Å². The molecule has 1 aliphatic carbocycles. The van der Waals surface area contributed by atoms with Gasteiger partial charge in [-0.25, -0.2) is 4.79 Å². The van der Waals surface area contributed by atoms with E-state index in [1.54, 1.807) is 19.1 Å². The van der Waals surface area contributed by atoms with Crippen LogP contribution in [0.25, 0.3) is 0 Å². The molecule has 2 rings (SSSR count). The smallest absolute Gasteiger partial charge is 0.371 e. The third kappa shape index (κ3) is 2.23. The average molecular weight is 295 g/mol. The third-order valence-corrected chi connectivity index (χ3v) is 5.04. The van der Waals surface area contributed by atoms with E-state index in [0.717, 1.165) is 6.42 Å². The van der Waals surface area contributed by atoms with Gasteiger partial charge in [-0.1, -0.05) is 13.8 Å². The molecule has 21 heavy (non-hydrogen) atoms. The normalized spacial score (nSPS) is 27.0. The molecule has 1 heterocycles. The first-order chi connectivity index (χ1) is 9.64. The second-order valence-electron chi connectivity index (χ2n) is 6.26. The molecule has 0 spiro atoms. The van der Waals surface area contributed by atoms with Gasteiger partial charge in [0.2, 0.25) is 5.76 Å². The van der Waals surface area contributed by atoms with Crippen molar-refractivity contribution in [3.63, 3.8) is 0 Å². The Kier molecular flexibility index (Phi) is 3.61. The number of carbonyl (C=O) groups is 2. The number of furan rings is 1. The molecular weight excluding hydrogens is 274 g/mol. The Morgan fingerprint density at radius 3 is 2.33 bits per heavy atom. The monoisotopic (exact) mass is 295 g/mol. The summed E-state index contributed by atoms with van der Waals surface area (Å²) in [5, 5.41) is 8.83. The van der Waals surface area contributed by atoms with Gasteiger partial charge in [0.05, 0.1) is 5.60 Å². The lowest BCUT2D eigenvalue weighted by Gasteiger charge is -2.61. The van der Waals surface area contributed by atoms with Crippen molar-refractivity contribution in [2.45, 2.75) is 38.8 Å². The standard InChI is InChI=1S/C15H21NO5/c1-14(2)11(8-15(14,3)20-5)16(4)12(17)9-6-7-10(21-9)13(18)19/h6-7,11H,8H2,1-5H3,(H,18,19)/t11-,15-/m0/s1. The van der Waals surface area contributed by atoms with Crippen LogP contribution < -0.4 is 0 Å². The van der Waals surface area contributed by atoms with Crippen molar-refractivity contribution in [1.29, 1.82) is 0 Å². The number of methoxy groups -OCH3 is 1. The molecule has 0 aliphatic heterocycles. The summed E-state index contributed by atoms with van der Waals surface area (Å²) < 4.78 is 10.6. The molecule has 0 saturated heterocycles. The van der Waals surface area contributed by atoms with Crippen LogP contribution in [0.2, 0.25) is 0 Å². The van der Waals surface area contributed by atoms with E-state index >= 15 is 0 Å². The van der Waals surface area contributed by atoms with Crippen molar-refractivity contribution >= 4 is 11.9 Å². The van der Waals surface area contributed by atoms with E-state index in [-0.39, 0.29) is 34.5 Å².